The van der Waals surface area contributed by atoms with Gasteiger partial charge in [0.25, 0.3) is 0 Å². The minimum absolute atomic E-state index is 0.0520. The van der Waals surface area contributed by atoms with E-state index in [0.29, 0.717) is 5.76 Å². The molecule has 0 fully saturated rings. The molecule has 116 valence electrons. The Kier molecular flexibility index (Phi) is 4.93. The van der Waals surface area contributed by atoms with Crippen LogP contribution in [0.4, 0.5) is 0 Å². The predicted molar refractivity (Wildman–Crippen MR) is 81.8 cm³/mol. The second-order valence-electron chi connectivity index (χ2n) is 4.97. The Morgan fingerprint density at radius 1 is 1.36 bits per heavy atom. The van der Waals surface area contributed by atoms with Gasteiger partial charge in [-0.1, -0.05) is 6.58 Å². The number of nitrogens with zero attached hydrogens (tertiary/aromatic N) is 1. The molecule has 0 aromatic carbocycles. The highest BCUT2D eigenvalue weighted by Gasteiger charge is 2.17. The van der Waals surface area contributed by atoms with Crippen LogP contribution in [0.15, 0.2) is 40.9 Å². The van der Waals surface area contributed by atoms with E-state index in [1.165, 1.54) is 12.2 Å². The molecule has 6 heteroatoms. The fraction of sp³-hybridized carbons (Fsp3) is 0.312. The number of aromatic amines is 1. The highest BCUT2D eigenvalue weighted by Crippen LogP contribution is 2.26. The van der Waals surface area contributed by atoms with Crippen LogP contribution in [-0.2, 0) is 17.6 Å². The third kappa shape index (κ3) is 3.72. The summed E-state index contributed by atoms with van der Waals surface area (Å²) in [7, 11) is 0. The van der Waals surface area contributed by atoms with Crippen molar-refractivity contribution in [2.24, 2.45) is 0 Å². The van der Waals surface area contributed by atoms with Crippen molar-refractivity contribution in [2.45, 2.75) is 32.6 Å². The Morgan fingerprint density at radius 2 is 2.09 bits per heavy atom. The van der Waals surface area contributed by atoms with Gasteiger partial charge in [0.2, 0.25) is 5.88 Å². The molecule has 0 aliphatic heterocycles. The third-order valence-corrected chi connectivity index (χ3v) is 3.41. The van der Waals surface area contributed by atoms with Crippen molar-refractivity contribution >= 4 is 5.97 Å². The van der Waals surface area contributed by atoms with Crippen LogP contribution in [0.1, 0.15) is 31.0 Å². The molecule has 0 atom stereocenters. The van der Waals surface area contributed by atoms with Gasteiger partial charge in [-0.15, -0.1) is 0 Å². The number of nitrogens with one attached hydrogen (secondary N) is 1. The van der Waals surface area contributed by atoms with Crippen LogP contribution in [0.25, 0.3) is 0 Å². The molecular formula is C16H18N2O4. The summed E-state index contributed by atoms with van der Waals surface area (Å²) in [5, 5.41) is 8.78. The van der Waals surface area contributed by atoms with Gasteiger partial charge in [-0.2, -0.15) is 4.98 Å². The Morgan fingerprint density at radius 3 is 2.77 bits per heavy atom. The van der Waals surface area contributed by atoms with E-state index in [9.17, 15) is 9.59 Å². The molecule has 2 N–H and O–H groups in total. The Balaban J connectivity index is 2.25. The molecule has 1 aliphatic carbocycles. The minimum Gasteiger partial charge on any atom is -0.478 e. The van der Waals surface area contributed by atoms with Gasteiger partial charge in [0.05, 0.1) is 5.57 Å². The van der Waals surface area contributed by atoms with Crippen molar-refractivity contribution in [1.82, 2.24) is 9.97 Å². The van der Waals surface area contributed by atoms with Gasteiger partial charge in [-0.05, 0) is 50.8 Å². The number of allylic oxidation sites excluding steroid dienone is 2. The second-order valence-corrected chi connectivity index (χ2v) is 4.97. The van der Waals surface area contributed by atoms with Crippen molar-refractivity contribution in [3.8, 4) is 5.88 Å². The lowest BCUT2D eigenvalue weighted by Crippen LogP contribution is -2.20. The summed E-state index contributed by atoms with van der Waals surface area (Å²) >= 11 is 0. The standard InChI is InChI=1S/C16H18N2O4/c1-3-11(9-8-10(2)15(19)20)22-14-12-6-4-5-7-13(12)17-16(21)18-14/h3,8-9H,2,4-7H2,1H3,(H,19,20)(H,17,18,21)/b9-8-,11-3+. The Hall–Kier alpha value is -2.63. The van der Waals surface area contributed by atoms with Gasteiger partial charge >= 0.3 is 11.7 Å². The number of carboxylic acid groups (broad SMARTS) is 1. The summed E-state index contributed by atoms with van der Waals surface area (Å²) in [4.78, 5) is 29.0. The zero-order chi connectivity index (χ0) is 16.1. The number of ether oxygens (including phenoxy) is 1. The fourth-order valence-corrected chi connectivity index (χ4v) is 2.24. The van der Waals surface area contributed by atoms with Gasteiger partial charge in [0.1, 0.15) is 5.76 Å². The summed E-state index contributed by atoms with van der Waals surface area (Å²) in [5.74, 6) is -0.399. The number of hydrogen-bond acceptors (Lipinski definition) is 4. The third-order valence-electron chi connectivity index (χ3n) is 3.41. The van der Waals surface area contributed by atoms with Crippen LogP contribution in [0.5, 0.6) is 5.88 Å². The van der Waals surface area contributed by atoms with Gasteiger partial charge in [-0.25, -0.2) is 9.59 Å². The van der Waals surface area contributed by atoms with Crippen molar-refractivity contribution < 1.29 is 14.6 Å². The topological polar surface area (TPSA) is 92.3 Å². The number of carbonyl (C=O) groups is 1. The Bertz CT molecular complexity index is 713. The summed E-state index contributed by atoms with van der Waals surface area (Å²) in [6, 6.07) is 0. The van der Waals surface area contributed by atoms with Gasteiger partial charge in [-0.3, -0.25) is 0 Å². The number of aryl methyl sites for hydroxylation is 1. The highest BCUT2D eigenvalue weighted by molar-refractivity contribution is 5.89. The average molecular weight is 302 g/mol. The number of fused-ring (bicyclic) bond motifs is 1. The molecule has 0 unspecified atom stereocenters. The van der Waals surface area contributed by atoms with E-state index in [2.05, 4.69) is 16.5 Å². The Labute approximate surface area is 127 Å². The highest BCUT2D eigenvalue weighted by atomic mass is 16.5. The first-order valence-electron chi connectivity index (χ1n) is 7.07. The molecular weight excluding hydrogens is 284 g/mol. The summed E-state index contributed by atoms with van der Waals surface area (Å²) < 4.78 is 5.68. The van der Waals surface area contributed by atoms with Crippen LogP contribution in [0.3, 0.4) is 0 Å². The van der Waals surface area contributed by atoms with Gasteiger partial charge in [0, 0.05) is 11.3 Å². The number of carboxylic acids is 1. The summed E-state index contributed by atoms with van der Waals surface area (Å²) in [5.41, 5.74) is 1.29. The van der Waals surface area contributed by atoms with Crippen LogP contribution in [0, 0.1) is 0 Å². The quantitative estimate of drug-likeness (QED) is 0.494. The van der Waals surface area contributed by atoms with Crippen LogP contribution < -0.4 is 10.4 Å². The van der Waals surface area contributed by atoms with E-state index in [0.717, 1.165) is 36.9 Å². The smallest absolute Gasteiger partial charge is 0.348 e. The molecule has 0 bridgehead atoms. The van der Waals surface area contributed by atoms with Crippen molar-refractivity contribution in [2.75, 3.05) is 0 Å². The zero-order valence-corrected chi connectivity index (χ0v) is 12.4. The van der Waals surface area contributed by atoms with E-state index in [4.69, 9.17) is 9.84 Å². The van der Waals surface area contributed by atoms with E-state index in [-0.39, 0.29) is 11.5 Å². The van der Waals surface area contributed by atoms with Crippen molar-refractivity contribution in [3.05, 3.63) is 57.9 Å². The zero-order valence-electron chi connectivity index (χ0n) is 12.4. The number of H-pyrrole nitrogens is 1. The van der Waals surface area contributed by atoms with Crippen molar-refractivity contribution in [3.63, 3.8) is 0 Å². The molecule has 0 spiro atoms. The molecule has 1 heterocycles. The molecule has 1 aromatic heterocycles. The summed E-state index contributed by atoms with van der Waals surface area (Å²) in [6.07, 6.45) is 8.17. The molecule has 1 aromatic rings. The van der Waals surface area contributed by atoms with Crippen molar-refractivity contribution in [1.29, 1.82) is 0 Å². The lowest BCUT2D eigenvalue weighted by molar-refractivity contribution is -0.132. The fourth-order valence-electron chi connectivity index (χ4n) is 2.24. The lowest BCUT2D eigenvalue weighted by Gasteiger charge is -2.17. The van der Waals surface area contributed by atoms with E-state index in [1.54, 1.807) is 13.0 Å². The summed E-state index contributed by atoms with van der Waals surface area (Å²) in [6.45, 7) is 5.16. The molecule has 0 radical (unpaired) electrons. The molecule has 0 saturated heterocycles. The maximum Gasteiger partial charge on any atom is 0.348 e. The maximum absolute atomic E-state index is 11.6. The second kappa shape index (κ2) is 6.89. The van der Waals surface area contributed by atoms with Gasteiger partial charge in [0.15, 0.2) is 0 Å². The normalized spacial score (nSPS) is 14.7. The number of aliphatic carboxylic acids is 1. The first-order chi connectivity index (χ1) is 10.5. The lowest BCUT2D eigenvalue weighted by atomic mass is 9.97. The number of aromatic nitrogens is 2. The minimum atomic E-state index is -1.10. The molecule has 2 rings (SSSR count). The SMILES string of the molecule is C=C(/C=C\C(=C/C)Oc1nc(=O)[nH]c2c1CCCC2)C(=O)O. The predicted octanol–water partition coefficient (Wildman–Crippen LogP) is 2.13. The number of hydrogen-bond donors (Lipinski definition) is 2. The number of rotatable bonds is 5. The average Bonchev–Trinajstić information content (AvgIpc) is 2.50. The van der Waals surface area contributed by atoms with E-state index in [1.807, 2.05) is 0 Å². The van der Waals surface area contributed by atoms with Crippen LogP contribution >= 0.6 is 0 Å². The molecule has 22 heavy (non-hydrogen) atoms. The van der Waals surface area contributed by atoms with E-state index < -0.39 is 11.7 Å². The first-order valence-corrected chi connectivity index (χ1v) is 7.07. The van der Waals surface area contributed by atoms with Crippen LogP contribution in [-0.4, -0.2) is 21.0 Å². The molecule has 1 aliphatic rings. The maximum atomic E-state index is 11.6. The van der Waals surface area contributed by atoms with E-state index >= 15 is 0 Å². The monoisotopic (exact) mass is 302 g/mol. The first kappa shape index (κ1) is 15.8. The largest absolute Gasteiger partial charge is 0.478 e. The molecule has 0 amide bonds. The molecule has 0 saturated carbocycles. The van der Waals surface area contributed by atoms with Gasteiger partial charge < -0.3 is 14.8 Å². The van der Waals surface area contributed by atoms with Crippen LogP contribution in [0.2, 0.25) is 0 Å². The molecule has 6 nitrogen and oxygen atoms in total.